The maximum absolute atomic E-state index is 5.80. The van der Waals surface area contributed by atoms with Crippen LogP contribution in [0.5, 0.6) is 0 Å². The Morgan fingerprint density at radius 3 is 2.56 bits per heavy atom. The van der Waals surface area contributed by atoms with Gasteiger partial charge in [0.05, 0.1) is 11.4 Å². The molecule has 3 nitrogen and oxygen atoms in total. The molecule has 0 saturated heterocycles. The van der Waals surface area contributed by atoms with Crippen molar-refractivity contribution in [2.24, 2.45) is 0 Å². The van der Waals surface area contributed by atoms with Gasteiger partial charge in [-0.25, -0.2) is 0 Å². The van der Waals surface area contributed by atoms with Crippen molar-refractivity contribution in [1.29, 1.82) is 0 Å². The largest absolute Gasteiger partial charge is 0.397 e. The van der Waals surface area contributed by atoms with Crippen LogP contribution in [0.4, 0.5) is 5.69 Å². The van der Waals surface area contributed by atoms with Crippen molar-refractivity contribution in [1.82, 2.24) is 10.3 Å². The lowest BCUT2D eigenvalue weighted by atomic mass is 10.2. The zero-order chi connectivity index (χ0) is 11.2. The Kier molecular flexibility index (Phi) is 3.51. The van der Waals surface area contributed by atoms with Gasteiger partial charge in [-0.05, 0) is 17.7 Å². The van der Waals surface area contributed by atoms with Gasteiger partial charge in [0.1, 0.15) is 0 Å². The molecule has 82 valence electrons. The minimum absolute atomic E-state index is 0.696. The average Bonchev–Trinajstić information content (AvgIpc) is 2.33. The van der Waals surface area contributed by atoms with E-state index >= 15 is 0 Å². The summed E-state index contributed by atoms with van der Waals surface area (Å²) in [5.74, 6) is 0. The van der Waals surface area contributed by atoms with Crippen molar-refractivity contribution >= 4 is 5.69 Å². The number of hydrogen-bond acceptors (Lipinski definition) is 3. The van der Waals surface area contributed by atoms with Gasteiger partial charge in [-0.1, -0.05) is 30.3 Å². The summed E-state index contributed by atoms with van der Waals surface area (Å²) in [7, 11) is 0. The van der Waals surface area contributed by atoms with Gasteiger partial charge >= 0.3 is 0 Å². The molecule has 0 saturated carbocycles. The molecule has 1 aromatic heterocycles. The van der Waals surface area contributed by atoms with E-state index < -0.39 is 0 Å². The van der Waals surface area contributed by atoms with E-state index in [0.29, 0.717) is 6.54 Å². The second-order valence-corrected chi connectivity index (χ2v) is 3.63. The number of anilines is 1. The molecule has 0 radical (unpaired) electrons. The highest BCUT2D eigenvalue weighted by Gasteiger charge is 1.98. The highest BCUT2D eigenvalue weighted by molar-refractivity contribution is 5.41. The molecule has 3 heteroatoms. The lowest BCUT2D eigenvalue weighted by Crippen LogP contribution is -2.14. The molecule has 16 heavy (non-hydrogen) atoms. The molecule has 0 fully saturated rings. The first-order chi connectivity index (χ1) is 7.86. The number of pyridine rings is 1. The van der Waals surface area contributed by atoms with E-state index in [9.17, 15) is 0 Å². The number of nitrogens with zero attached hydrogens (tertiary/aromatic N) is 1. The van der Waals surface area contributed by atoms with Crippen LogP contribution < -0.4 is 11.1 Å². The van der Waals surface area contributed by atoms with E-state index in [1.807, 2.05) is 30.3 Å². The van der Waals surface area contributed by atoms with Gasteiger partial charge in [-0.15, -0.1) is 0 Å². The molecule has 1 heterocycles. The molecular weight excluding hydrogens is 198 g/mol. The van der Waals surface area contributed by atoms with Crippen molar-refractivity contribution in [3.05, 3.63) is 59.9 Å². The zero-order valence-electron chi connectivity index (χ0n) is 9.06. The van der Waals surface area contributed by atoms with Crippen LogP contribution in [0.25, 0.3) is 0 Å². The smallest absolute Gasteiger partial charge is 0.0770 e. The average molecular weight is 213 g/mol. The monoisotopic (exact) mass is 213 g/mol. The molecular formula is C13H15N3. The molecule has 0 atom stereocenters. The number of benzene rings is 1. The van der Waals surface area contributed by atoms with Gasteiger partial charge in [0.15, 0.2) is 0 Å². The molecule has 0 aliphatic heterocycles. The maximum Gasteiger partial charge on any atom is 0.0770 e. The van der Waals surface area contributed by atoms with Crippen molar-refractivity contribution in [2.45, 2.75) is 13.1 Å². The van der Waals surface area contributed by atoms with Crippen molar-refractivity contribution in [3.8, 4) is 0 Å². The normalized spacial score (nSPS) is 10.2. The highest BCUT2D eigenvalue weighted by Crippen LogP contribution is 2.06. The molecule has 2 aromatic rings. The minimum Gasteiger partial charge on any atom is -0.397 e. The Morgan fingerprint density at radius 1 is 1.00 bits per heavy atom. The second-order valence-electron chi connectivity index (χ2n) is 3.63. The SMILES string of the molecule is Nc1cccnc1CNCc1ccccc1. The van der Waals surface area contributed by atoms with E-state index in [0.717, 1.165) is 17.9 Å². The fourth-order valence-corrected chi connectivity index (χ4v) is 1.52. The summed E-state index contributed by atoms with van der Waals surface area (Å²) < 4.78 is 0. The minimum atomic E-state index is 0.696. The number of nitrogens with one attached hydrogen (secondary N) is 1. The number of nitrogen functional groups attached to an aromatic ring is 1. The Labute approximate surface area is 95.3 Å². The lowest BCUT2D eigenvalue weighted by Gasteiger charge is -2.06. The van der Waals surface area contributed by atoms with Crippen LogP contribution in [0.3, 0.4) is 0 Å². The third kappa shape index (κ3) is 2.81. The van der Waals surface area contributed by atoms with E-state index in [1.54, 1.807) is 6.20 Å². The van der Waals surface area contributed by atoms with Crippen molar-refractivity contribution in [2.75, 3.05) is 5.73 Å². The van der Waals surface area contributed by atoms with Crippen LogP contribution in [-0.2, 0) is 13.1 Å². The fourth-order valence-electron chi connectivity index (χ4n) is 1.52. The molecule has 0 aliphatic rings. The summed E-state index contributed by atoms with van der Waals surface area (Å²) in [6, 6.07) is 14.0. The van der Waals surface area contributed by atoms with E-state index in [2.05, 4.69) is 22.4 Å². The molecule has 0 spiro atoms. The number of aromatic nitrogens is 1. The van der Waals surface area contributed by atoms with Gasteiger partial charge in [0, 0.05) is 19.3 Å². The summed E-state index contributed by atoms with van der Waals surface area (Å²) in [6.45, 7) is 1.53. The van der Waals surface area contributed by atoms with Crippen LogP contribution in [0.15, 0.2) is 48.7 Å². The zero-order valence-corrected chi connectivity index (χ0v) is 9.06. The summed E-state index contributed by atoms with van der Waals surface area (Å²) in [5.41, 5.74) is 8.70. The standard InChI is InChI=1S/C13H15N3/c14-12-7-4-8-16-13(12)10-15-9-11-5-2-1-3-6-11/h1-8,15H,9-10,14H2. The number of hydrogen-bond donors (Lipinski definition) is 2. The molecule has 3 N–H and O–H groups in total. The maximum atomic E-state index is 5.80. The first-order valence-corrected chi connectivity index (χ1v) is 5.30. The third-order valence-corrected chi connectivity index (χ3v) is 2.39. The predicted octanol–water partition coefficient (Wildman–Crippen LogP) is 1.95. The fraction of sp³-hybridized carbons (Fsp3) is 0.154. The topological polar surface area (TPSA) is 50.9 Å². The van der Waals surface area contributed by atoms with Crippen LogP contribution in [-0.4, -0.2) is 4.98 Å². The molecule has 1 aromatic carbocycles. The Hall–Kier alpha value is -1.87. The van der Waals surface area contributed by atoms with E-state index in [-0.39, 0.29) is 0 Å². The molecule has 0 unspecified atom stereocenters. The highest BCUT2D eigenvalue weighted by atomic mass is 14.9. The van der Waals surface area contributed by atoms with Crippen LogP contribution in [0.2, 0.25) is 0 Å². The summed E-state index contributed by atoms with van der Waals surface area (Å²) in [4.78, 5) is 4.22. The van der Waals surface area contributed by atoms with Gasteiger partial charge in [0.2, 0.25) is 0 Å². The quantitative estimate of drug-likeness (QED) is 0.816. The van der Waals surface area contributed by atoms with Gasteiger partial charge in [0.25, 0.3) is 0 Å². The number of rotatable bonds is 4. The summed E-state index contributed by atoms with van der Waals surface area (Å²) >= 11 is 0. The number of nitrogens with two attached hydrogens (primary N) is 1. The first kappa shape index (κ1) is 10.6. The molecule has 2 rings (SSSR count). The summed E-state index contributed by atoms with van der Waals surface area (Å²) in [5, 5.41) is 3.32. The Morgan fingerprint density at radius 2 is 1.81 bits per heavy atom. The van der Waals surface area contributed by atoms with Crippen molar-refractivity contribution in [3.63, 3.8) is 0 Å². The van der Waals surface area contributed by atoms with Crippen LogP contribution in [0, 0.1) is 0 Å². The third-order valence-electron chi connectivity index (χ3n) is 2.39. The molecule has 0 amide bonds. The van der Waals surface area contributed by atoms with Gasteiger partial charge in [-0.2, -0.15) is 0 Å². The Balaban J connectivity index is 1.87. The first-order valence-electron chi connectivity index (χ1n) is 5.30. The lowest BCUT2D eigenvalue weighted by molar-refractivity contribution is 0.681. The van der Waals surface area contributed by atoms with Crippen molar-refractivity contribution < 1.29 is 0 Å². The van der Waals surface area contributed by atoms with E-state index in [4.69, 9.17) is 5.73 Å². The second kappa shape index (κ2) is 5.28. The summed E-state index contributed by atoms with van der Waals surface area (Å²) in [6.07, 6.45) is 1.76. The predicted molar refractivity (Wildman–Crippen MR) is 65.6 cm³/mol. The Bertz CT molecular complexity index is 440. The molecule has 0 bridgehead atoms. The van der Waals surface area contributed by atoms with Crippen LogP contribution in [0.1, 0.15) is 11.3 Å². The van der Waals surface area contributed by atoms with E-state index in [1.165, 1.54) is 5.56 Å². The molecule has 0 aliphatic carbocycles. The van der Waals surface area contributed by atoms with Crippen LogP contribution >= 0.6 is 0 Å². The van der Waals surface area contributed by atoms with Gasteiger partial charge in [-0.3, -0.25) is 4.98 Å². The van der Waals surface area contributed by atoms with Gasteiger partial charge < -0.3 is 11.1 Å².